The van der Waals surface area contributed by atoms with Gasteiger partial charge in [-0.25, -0.2) is 14.1 Å². The van der Waals surface area contributed by atoms with Crippen LogP contribution in [0, 0.1) is 11.2 Å². The van der Waals surface area contributed by atoms with Gasteiger partial charge in [-0.05, 0) is 31.0 Å². The summed E-state index contributed by atoms with van der Waals surface area (Å²) in [5.41, 5.74) is -1.32. The Kier molecular flexibility index (Phi) is 2.50. The van der Waals surface area contributed by atoms with Crippen molar-refractivity contribution in [2.75, 3.05) is 4.90 Å². The van der Waals surface area contributed by atoms with Gasteiger partial charge in [-0.3, -0.25) is 14.9 Å². The highest BCUT2D eigenvalue weighted by atomic mass is 79.9. The molecule has 1 aromatic rings. The number of imide groups is 2. The molecular weight excluding hydrogens is 319 g/mol. The molecule has 1 aliphatic heterocycles. The van der Waals surface area contributed by atoms with E-state index in [0.717, 1.165) is 6.07 Å². The average molecular weight is 327 g/mol. The van der Waals surface area contributed by atoms with Crippen LogP contribution in [0.4, 0.5) is 14.9 Å². The Balaban J connectivity index is 2.06. The van der Waals surface area contributed by atoms with Gasteiger partial charge in [0.1, 0.15) is 11.2 Å². The van der Waals surface area contributed by atoms with Crippen LogP contribution in [-0.2, 0) is 9.59 Å². The molecule has 2 fully saturated rings. The van der Waals surface area contributed by atoms with Gasteiger partial charge in [0, 0.05) is 4.47 Å². The van der Waals surface area contributed by atoms with Crippen LogP contribution >= 0.6 is 15.9 Å². The molecule has 1 N–H and O–H groups in total. The zero-order chi connectivity index (χ0) is 13.8. The smallest absolute Gasteiger partial charge is 0.276 e. The number of benzene rings is 1. The first-order chi connectivity index (χ1) is 8.95. The number of amides is 4. The third-order valence-corrected chi connectivity index (χ3v) is 3.86. The van der Waals surface area contributed by atoms with E-state index in [2.05, 4.69) is 21.2 Å². The Bertz CT molecular complexity index is 627. The van der Waals surface area contributed by atoms with E-state index in [4.69, 9.17) is 0 Å². The summed E-state index contributed by atoms with van der Waals surface area (Å²) in [6.07, 6.45) is 0.777. The van der Waals surface area contributed by atoms with Crippen molar-refractivity contribution in [3.05, 3.63) is 28.5 Å². The molecule has 2 aliphatic rings. The maximum absolute atomic E-state index is 13.9. The van der Waals surface area contributed by atoms with Crippen molar-refractivity contribution in [2.24, 2.45) is 5.41 Å². The quantitative estimate of drug-likeness (QED) is 0.802. The highest BCUT2D eigenvalue weighted by molar-refractivity contribution is 9.10. The Morgan fingerprint density at radius 2 is 1.95 bits per heavy atom. The number of carbonyl (C=O) groups excluding carboxylic acids is 3. The number of urea groups is 1. The Morgan fingerprint density at radius 1 is 1.26 bits per heavy atom. The van der Waals surface area contributed by atoms with Gasteiger partial charge in [0.25, 0.3) is 5.91 Å². The highest BCUT2D eigenvalue weighted by Crippen LogP contribution is 2.49. The van der Waals surface area contributed by atoms with E-state index >= 15 is 0 Å². The summed E-state index contributed by atoms with van der Waals surface area (Å²) in [5, 5.41) is 2.10. The molecule has 1 aromatic carbocycles. The first-order valence-corrected chi connectivity index (χ1v) is 6.40. The maximum atomic E-state index is 13.9. The van der Waals surface area contributed by atoms with Gasteiger partial charge >= 0.3 is 6.03 Å². The Labute approximate surface area is 115 Å². The molecule has 0 unspecified atom stereocenters. The van der Waals surface area contributed by atoms with Crippen LogP contribution in [0.15, 0.2) is 22.7 Å². The van der Waals surface area contributed by atoms with Crippen molar-refractivity contribution in [3.8, 4) is 0 Å². The number of anilines is 1. The number of rotatable bonds is 1. The van der Waals surface area contributed by atoms with Crippen LogP contribution in [0.5, 0.6) is 0 Å². The molecule has 0 aromatic heterocycles. The van der Waals surface area contributed by atoms with Gasteiger partial charge in [-0.2, -0.15) is 0 Å². The van der Waals surface area contributed by atoms with Gasteiger partial charge in [0.05, 0.1) is 5.69 Å². The highest BCUT2D eigenvalue weighted by Gasteiger charge is 2.62. The SMILES string of the molecule is O=C1NC(=O)C2(CC2)C(=O)N1c1ccc(Br)cc1F. The van der Waals surface area contributed by atoms with Gasteiger partial charge < -0.3 is 0 Å². The summed E-state index contributed by atoms with van der Waals surface area (Å²) in [6, 6.07) is 3.10. The molecule has 4 amide bonds. The molecule has 1 saturated heterocycles. The molecular formula is C12H8BrFN2O3. The molecule has 1 heterocycles. The van der Waals surface area contributed by atoms with Crippen molar-refractivity contribution < 1.29 is 18.8 Å². The molecule has 19 heavy (non-hydrogen) atoms. The standard InChI is InChI=1S/C12H8BrFN2O3/c13-6-1-2-8(7(14)5-6)16-10(18)12(3-4-12)9(17)15-11(16)19/h1-2,5H,3-4H2,(H,15,17,19). The number of barbiturate groups is 1. The van der Waals surface area contributed by atoms with E-state index in [9.17, 15) is 18.8 Å². The first kappa shape index (κ1) is 12.3. The lowest BCUT2D eigenvalue weighted by molar-refractivity contribution is -0.136. The van der Waals surface area contributed by atoms with Crippen molar-refractivity contribution in [2.45, 2.75) is 12.8 Å². The molecule has 0 atom stereocenters. The Hall–Kier alpha value is -1.76. The van der Waals surface area contributed by atoms with E-state index in [0.29, 0.717) is 22.2 Å². The molecule has 7 heteroatoms. The van der Waals surface area contributed by atoms with Crippen LogP contribution < -0.4 is 10.2 Å². The van der Waals surface area contributed by atoms with E-state index in [1.807, 2.05) is 0 Å². The summed E-state index contributed by atoms with van der Waals surface area (Å²) in [7, 11) is 0. The third kappa shape index (κ3) is 1.68. The summed E-state index contributed by atoms with van der Waals surface area (Å²) in [5.74, 6) is -1.94. The third-order valence-electron chi connectivity index (χ3n) is 3.37. The van der Waals surface area contributed by atoms with Crippen LogP contribution in [0.25, 0.3) is 0 Å². The zero-order valence-electron chi connectivity index (χ0n) is 9.57. The average Bonchev–Trinajstić information content (AvgIpc) is 3.11. The second-order valence-electron chi connectivity index (χ2n) is 4.58. The van der Waals surface area contributed by atoms with Gasteiger partial charge in [-0.15, -0.1) is 0 Å². The van der Waals surface area contributed by atoms with Crippen molar-refractivity contribution in [1.82, 2.24) is 5.32 Å². The van der Waals surface area contributed by atoms with E-state index in [1.165, 1.54) is 12.1 Å². The number of nitrogens with zero attached hydrogens (tertiary/aromatic N) is 1. The molecule has 1 saturated carbocycles. The number of halogens is 2. The number of carbonyl (C=O) groups is 3. The van der Waals surface area contributed by atoms with Crippen molar-refractivity contribution in [1.29, 1.82) is 0 Å². The molecule has 1 aliphatic carbocycles. The summed E-state index contributed by atoms with van der Waals surface area (Å²) < 4.78 is 14.4. The van der Waals surface area contributed by atoms with Crippen LogP contribution in [-0.4, -0.2) is 17.8 Å². The van der Waals surface area contributed by atoms with Gasteiger partial charge in [0.15, 0.2) is 0 Å². The summed E-state index contributed by atoms with van der Waals surface area (Å²) in [6.45, 7) is 0. The van der Waals surface area contributed by atoms with Gasteiger partial charge in [-0.1, -0.05) is 15.9 Å². The predicted molar refractivity (Wildman–Crippen MR) is 66.8 cm³/mol. The first-order valence-electron chi connectivity index (χ1n) is 5.61. The second kappa shape index (κ2) is 3.86. The molecule has 0 radical (unpaired) electrons. The number of nitrogens with one attached hydrogen (secondary N) is 1. The largest absolute Gasteiger partial charge is 0.335 e. The minimum Gasteiger partial charge on any atom is -0.276 e. The van der Waals surface area contributed by atoms with E-state index in [-0.39, 0.29) is 5.69 Å². The van der Waals surface area contributed by atoms with Crippen LogP contribution in [0.3, 0.4) is 0 Å². The summed E-state index contributed by atoms with van der Waals surface area (Å²) in [4.78, 5) is 36.3. The minimum atomic E-state index is -1.17. The monoisotopic (exact) mass is 326 g/mol. The van der Waals surface area contributed by atoms with E-state index in [1.54, 1.807) is 0 Å². The van der Waals surface area contributed by atoms with Crippen molar-refractivity contribution >= 4 is 39.5 Å². The zero-order valence-corrected chi connectivity index (χ0v) is 11.2. The maximum Gasteiger partial charge on any atom is 0.335 e. The van der Waals surface area contributed by atoms with E-state index < -0.39 is 29.1 Å². The molecule has 3 rings (SSSR count). The lowest BCUT2D eigenvalue weighted by atomic mass is 10.0. The fourth-order valence-electron chi connectivity index (χ4n) is 2.12. The molecule has 1 spiro atoms. The lowest BCUT2D eigenvalue weighted by Gasteiger charge is -2.30. The summed E-state index contributed by atoms with van der Waals surface area (Å²) >= 11 is 3.10. The molecule has 0 bridgehead atoms. The topological polar surface area (TPSA) is 66.5 Å². The van der Waals surface area contributed by atoms with Gasteiger partial charge in [0.2, 0.25) is 5.91 Å². The molecule has 5 nitrogen and oxygen atoms in total. The molecule has 98 valence electrons. The second-order valence-corrected chi connectivity index (χ2v) is 5.49. The fraction of sp³-hybridized carbons (Fsp3) is 0.250. The minimum absolute atomic E-state index is 0.149. The van der Waals surface area contributed by atoms with Crippen LogP contribution in [0.1, 0.15) is 12.8 Å². The number of hydrogen-bond acceptors (Lipinski definition) is 3. The fourth-order valence-corrected chi connectivity index (χ4v) is 2.46. The normalized spacial score (nSPS) is 20.7. The lowest BCUT2D eigenvalue weighted by Crippen LogP contribution is -2.59. The predicted octanol–water partition coefficient (Wildman–Crippen LogP) is 1.95. The number of hydrogen-bond donors (Lipinski definition) is 1. The Morgan fingerprint density at radius 3 is 2.53 bits per heavy atom. The van der Waals surface area contributed by atoms with Crippen molar-refractivity contribution in [3.63, 3.8) is 0 Å². The van der Waals surface area contributed by atoms with Crippen LogP contribution in [0.2, 0.25) is 0 Å².